The molecule has 4 N–H and O–H groups in total. The summed E-state index contributed by atoms with van der Waals surface area (Å²) in [6.07, 6.45) is 2.77. The van der Waals surface area contributed by atoms with Gasteiger partial charge in [0.25, 0.3) is 0 Å². The summed E-state index contributed by atoms with van der Waals surface area (Å²) in [5.41, 5.74) is 3.20. The summed E-state index contributed by atoms with van der Waals surface area (Å²) in [6, 6.07) is 4.78. The third kappa shape index (κ3) is 6.97. The van der Waals surface area contributed by atoms with Crippen LogP contribution in [-0.4, -0.2) is 30.9 Å². The molecule has 27 heavy (non-hydrogen) atoms. The second-order valence-electron chi connectivity index (χ2n) is 7.23. The molecule has 1 fully saturated rings. The van der Waals surface area contributed by atoms with E-state index in [1.807, 2.05) is 13.8 Å². The fourth-order valence-electron chi connectivity index (χ4n) is 3.15. The highest BCUT2D eigenvalue weighted by Gasteiger charge is 2.29. The van der Waals surface area contributed by atoms with Crippen LogP contribution in [0.5, 0.6) is 0 Å². The minimum absolute atomic E-state index is 0.0395. The van der Waals surface area contributed by atoms with Crippen molar-refractivity contribution in [3.63, 3.8) is 0 Å². The summed E-state index contributed by atoms with van der Waals surface area (Å²) in [6.45, 7) is 4.25. The van der Waals surface area contributed by atoms with Crippen LogP contribution in [0.4, 0.5) is 10.1 Å². The maximum Gasteiger partial charge on any atom is 0.306 e. The van der Waals surface area contributed by atoms with Gasteiger partial charge in [0.05, 0.1) is 6.54 Å². The van der Waals surface area contributed by atoms with E-state index >= 15 is 0 Å². The average Bonchev–Trinajstić information content (AvgIpc) is 2.58. The van der Waals surface area contributed by atoms with Gasteiger partial charge in [-0.15, -0.1) is 0 Å². The number of esters is 1. The van der Waals surface area contributed by atoms with Crippen LogP contribution in [0, 0.1) is 17.7 Å². The van der Waals surface area contributed by atoms with Gasteiger partial charge in [0.2, 0.25) is 5.91 Å². The van der Waals surface area contributed by atoms with Crippen molar-refractivity contribution in [1.29, 1.82) is 0 Å². The smallest absolute Gasteiger partial charge is 0.306 e. The molecule has 148 valence electrons. The largest absolute Gasteiger partial charge is 0.460 e. The number of ether oxygens (including phenoxy) is 1. The van der Waals surface area contributed by atoms with Crippen LogP contribution in [0.3, 0.4) is 0 Å². The van der Waals surface area contributed by atoms with Gasteiger partial charge >= 0.3 is 5.97 Å². The summed E-state index contributed by atoms with van der Waals surface area (Å²) < 4.78 is 19.4. The first-order valence-electron chi connectivity index (χ1n) is 9.10. The molecule has 2 atom stereocenters. The van der Waals surface area contributed by atoms with Crippen LogP contribution in [-0.2, 0) is 20.7 Å². The van der Waals surface area contributed by atoms with Crippen molar-refractivity contribution in [1.82, 2.24) is 10.7 Å². The summed E-state index contributed by atoms with van der Waals surface area (Å²) in [7, 11) is 0. The number of halogens is 1. The maximum absolute atomic E-state index is 14.1. The first-order chi connectivity index (χ1) is 12.9. The second-order valence-corrected chi connectivity index (χ2v) is 7.23. The Morgan fingerprint density at radius 1 is 1.48 bits per heavy atom. The zero-order chi connectivity index (χ0) is 19.8. The van der Waals surface area contributed by atoms with Gasteiger partial charge in [-0.1, -0.05) is 19.9 Å². The lowest BCUT2D eigenvalue weighted by atomic mass is 9.89. The number of hydrogen-bond donors (Lipinski definition) is 3. The van der Waals surface area contributed by atoms with E-state index in [9.17, 15) is 14.0 Å². The van der Waals surface area contributed by atoms with E-state index in [0.717, 1.165) is 5.56 Å². The van der Waals surface area contributed by atoms with Gasteiger partial charge in [0.1, 0.15) is 23.9 Å². The molecule has 1 aromatic rings. The van der Waals surface area contributed by atoms with Gasteiger partial charge in [-0.25, -0.2) is 15.2 Å². The Bertz CT molecular complexity index is 694. The van der Waals surface area contributed by atoms with Crippen LogP contribution in [0.15, 0.2) is 23.2 Å². The number of hydrogen-bond acceptors (Lipinski definition) is 5. The molecule has 0 saturated carbocycles. The number of nitrogens with one attached hydrogen (secondary N) is 2. The van der Waals surface area contributed by atoms with Crippen LogP contribution in [0.1, 0.15) is 38.7 Å². The molecular weight excluding hydrogens is 351 g/mol. The lowest BCUT2D eigenvalue weighted by Crippen LogP contribution is -2.40. The predicted octanol–water partition coefficient (Wildman–Crippen LogP) is 1.98. The van der Waals surface area contributed by atoms with Gasteiger partial charge < -0.3 is 15.5 Å². The molecule has 1 aromatic carbocycles. The minimum atomic E-state index is -0.449. The SMILES string of the molecule is CC(C)CC(=O)NC[C@H]1C[C@@H](Cc2ccc(N=CNN)c(F)c2)CC(=O)O1. The van der Waals surface area contributed by atoms with Crippen LogP contribution < -0.4 is 16.6 Å². The highest BCUT2D eigenvalue weighted by atomic mass is 19.1. The first kappa shape index (κ1) is 20.8. The quantitative estimate of drug-likeness (QED) is 0.211. The van der Waals surface area contributed by atoms with Crippen LogP contribution >= 0.6 is 0 Å². The Labute approximate surface area is 158 Å². The zero-order valence-corrected chi connectivity index (χ0v) is 15.7. The van der Waals surface area contributed by atoms with Crippen molar-refractivity contribution in [3.8, 4) is 0 Å². The molecule has 1 amide bonds. The van der Waals surface area contributed by atoms with E-state index in [0.29, 0.717) is 25.8 Å². The number of hydrazine groups is 1. The molecule has 1 aliphatic heterocycles. The third-order valence-corrected chi connectivity index (χ3v) is 4.28. The molecule has 0 unspecified atom stereocenters. The number of benzene rings is 1. The lowest BCUT2D eigenvalue weighted by molar-refractivity contribution is -0.157. The molecule has 1 saturated heterocycles. The molecule has 0 bridgehead atoms. The second kappa shape index (κ2) is 10.0. The fourth-order valence-corrected chi connectivity index (χ4v) is 3.15. The molecular formula is C19H27FN4O3. The summed E-state index contributed by atoms with van der Waals surface area (Å²) in [5, 5.41) is 2.82. The molecule has 8 heteroatoms. The highest BCUT2D eigenvalue weighted by molar-refractivity contribution is 5.76. The Morgan fingerprint density at radius 2 is 2.26 bits per heavy atom. The predicted molar refractivity (Wildman–Crippen MR) is 101 cm³/mol. The number of aliphatic imine (C=N–C) groups is 1. The standard InChI is InChI=1S/C19H27FN4O3/c1-12(2)5-18(25)22-10-15-7-14(9-19(26)27-15)6-13-3-4-17(16(20)8-13)23-11-24-21/h3-4,8,11-12,14-15H,5-7,9-10,21H2,1-2H3,(H,22,25)(H,23,24)/t14-,15-/m1/s1. The van der Waals surface area contributed by atoms with Crippen LogP contribution in [0.25, 0.3) is 0 Å². The highest BCUT2D eigenvalue weighted by Crippen LogP contribution is 2.27. The van der Waals surface area contributed by atoms with E-state index in [4.69, 9.17) is 10.6 Å². The number of carbonyl (C=O) groups excluding carboxylic acids is 2. The Kier molecular flexibility index (Phi) is 7.72. The van der Waals surface area contributed by atoms with E-state index in [-0.39, 0.29) is 41.9 Å². The average molecular weight is 378 g/mol. The normalized spacial score (nSPS) is 20.0. The number of nitrogens with zero attached hydrogens (tertiary/aromatic N) is 1. The molecule has 0 spiro atoms. The fraction of sp³-hybridized carbons (Fsp3) is 0.526. The lowest BCUT2D eigenvalue weighted by Gasteiger charge is -2.29. The first-order valence-corrected chi connectivity index (χ1v) is 9.10. The van der Waals surface area contributed by atoms with Gasteiger partial charge in [-0.2, -0.15) is 0 Å². The number of rotatable bonds is 8. The molecule has 7 nitrogen and oxygen atoms in total. The van der Waals surface area contributed by atoms with Gasteiger partial charge in [0.15, 0.2) is 0 Å². The topological polar surface area (TPSA) is 106 Å². The van der Waals surface area contributed by atoms with E-state index in [1.54, 1.807) is 12.1 Å². The Hall–Kier alpha value is -2.48. The van der Waals surface area contributed by atoms with E-state index in [1.165, 1.54) is 12.4 Å². The Morgan fingerprint density at radius 3 is 2.93 bits per heavy atom. The van der Waals surface area contributed by atoms with Crippen molar-refractivity contribution in [2.75, 3.05) is 6.54 Å². The number of amides is 1. The van der Waals surface area contributed by atoms with Gasteiger partial charge in [-0.05, 0) is 42.4 Å². The third-order valence-electron chi connectivity index (χ3n) is 4.28. The van der Waals surface area contributed by atoms with Gasteiger partial charge in [0, 0.05) is 12.8 Å². The van der Waals surface area contributed by atoms with E-state index < -0.39 is 5.82 Å². The number of cyclic esters (lactones) is 1. The van der Waals surface area contributed by atoms with Crippen molar-refractivity contribution in [2.24, 2.45) is 22.7 Å². The minimum Gasteiger partial charge on any atom is -0.460 e. The van der Waals surface area contributed by atoms with Crippen molar-refractivity contribution < 1.29 is 18.7 Å². The number of nitrogens with two attached hydrogens (primary N) is 1. The molecule has 2 rings (SSSR count). The van der Waals surface area contributed by atoms with Crippen molar-refractivity contribution >= 4 is 23.9 Å². The molecule has 0 radical (unpaired) electrons. The maximum atomic E-state index is 14.1. The van der Waals surface area contributed by atoms with Crippen LogP contribution in [0.2, 0.25) is 0 Å². The molecule has 1 aliphatic rings. The molecule has 0 aliphatic carbocycles. The summed E-state index contributed by atoms with van der Waals surface area (Å²) in [5.74, 6) is 4.61. The Balaban J connectivity index is 1.92. The van der Waals surface area contributed by atoms with Gasteiger partial charge in [-0.3, -0.25) is 9.59 Å². The monoisotopic (exact) mass is 378 g/mol. The van der Waals surface area contributed by atoms with Crippen molar-refractivity contribution in [2.45, 2.75) is 45.6 Å². The molecule has 1 heterocycles. The molecule has 0 aromatic heterocycles. The summed E-state index contributed by atoms with van der Waals surface area (Å²) >= 11 is 0. The number of carbonyl (C=O) groups is 2. The van der Waals surface area contributed by atoms with E-state index in [2.05, 4.69) is 15.7 Å². The van der Waals surface area contributed by atoms with Crippen molar-refractivity contribution in [3.05, 3.63) is 29.6 Å². The summed E-state index contributed by atoms with van der Waals surface area (Å²) in [4.78, 5) is 27.5. The zero-order valence-electron chi connectivity index (χ0n) is 15.7.